The van der Waals surface area contributed by atoms with Crippen LogP contribution in [0.3, 0.4) is 0 Å². The van der Waals surface area contributed by atoms with Gasteiger partial charge in [0.25, 0.3) is 11.8 Å². The van der Waals surface area contributed by atoms with Crippen LogP contribution in [-0.4, -0.2) is 52.9 Å². The van der Waals surface area contributed by atoms with E-state index in [1.807, 2.05) is 40.7 Å². The molecule has 1 atom stereocenters. The van der Waals surface area contributed by atoms with Crippen LogP contribution in [0.4, 0.5) is 18.9 Å². The number of halogens is 3. The predicted molar refractivity (Wildman–Crippen MR) is 138 cm³/mol. The summed E-state index contributed by atoms with van der Waals surface area (Å²) >= 11 is 0. The van der Waals surface area contributed by atoms with Gasteiger partial charge < -0.3 is 14.2 Å². The molecule has 1 saturated heterocycles. The van der Waals surface area contributed by atoms with Crippen molar-refractivity contribution in [3.8, 4) is 0 Å². The van der Waals surface area contributed by atoms with Crippen LogP contribution in [0.1, 0.15) is 67.8 Å². The molecule has 0 saturated carbocycles. The van der Waals surface area contributed by atoms with Gasteiger partial charge in [0.1, 0.15) is 12.2 Å². The van der Waals surface area contributed by atoms with E-state index in [4.69, 9.17) is 19.2 Å². The van der Waals surface area contributed by atoms with Gasteiger partial charge in [0.05, 0.1) is 37.3 Å². The number of anilines is 1. The lowest BCUT2D eigenvalue weighted by Gasteiger charge is -2.33. The van der Waals surface area contributed by atoms with E-state index in [1.165, 1.54) is 17.3 Å². The topological polar surface area (TPSA) is 91.1 Å². The molecule has 2 aromatic heterocycles. The number of methoxy groups -OCH3 is 1. The van der Waals surface area contributed by atoms with E-state index in [0.717, 1.165) is 4.68 Å². The first kappa shape index (κ1) is 28.6. The Kier molecular flexibility index (Phi) is 8.06. The molecule has 4 heterocycles. The molecule has 39 heavy (non-hydrogen) atoms. The van der Waals surface area contributed by atoms with Crippen molar-refractivity contribution < 1.29 is 32.2 Å². The number of aryl methyl sites for hydroxylation is 1. The number of alkyl halides is 3. The number of pyridine rings is 1. The van der Waals surface area contributed by atoms with Gasteiger partial charge in [-0.15, -0.1) is 0 Å². The Morgan fingerprint density at radius 1 is 1.31 bits per heavy atom. The monoisotopic (exact) mass is 549 g/mol. The van der Waals surface area contributed by atoms with E-state index in [2.05, 4.69) is 10.1 Å². The summed E-state index contributed by atoms with van der Waals surface area (Å²) in [5.74, 6) is 0.718. The molecule has 0 aliphatic carbocycles. The Morgan fingerprint density at radius 2 is 2.05 bits per heavy atom. The van der Waals surface area contributed by atoms with E-state index >= 15 is 0 Å². The van der Waals surface area contributed by atoms with Gasteiger partial charge in [-0.25, -0.2) is 4.99 Å². The van der Waals surface area contributed by atoms with Crippen LogP contribution in [0.15, 0.2) is 35.1 Å². The predicted octanol–water partition coefficient (Wildman–Crippen LogP) is 5.28. The zero-order chi connectivity index (χ0) is 28.5. The molecule has 2 aliphatic rings. The summed E-state index contributed by atoms with van der Waals surface area (Å²) in [6, 6.07) is 1.81. The van der Waals surface area contributed by atoms with Gasteiger partial charge in [-0.3, -0.25) is 19.4 Å². The van der Waals surface area contributed by atoms with Crippen LogP contribution in [0, 0.1) is 12.8 Å². The minimum atomic E-state index is -4.44. The number of hydrogen-bond acceptors (Lipinski definition) is 7. The molecule has 0 aromatic carbocycles. The van der Waals surface area contributed by atoms with Crippen LogP contribution < -0.4 is 4.90 Å². The van der Waals surface area contributed by atoms with E-state index < -0.39 is 18.4 Å². The molecule has 1 spiro atoms. The third-order valence-corrected chi connectivity index (χ3v) is 6.45. The van der Waals surface area contributed by atoms with Crippen molar-refractivity contribution in [2.24, 2.45) is 10.9 Å². The van der Waals surface area contributed by atoms with Crippen LogP contribution in [0.5, 0.6) is 0 Å². The minimum Gasteiger partial charge on any atom is -0.495 e. The lowest BCUT2D eigenvalue weighted by atomic mass is 10.0. The fraction of sp³-hybridized carbons (Fsp3) is 0.556. The summed E-state index contributed by atoms with van der Waals surface area (Å²) in [6.45, 7) is 8.74. The van der Waals surface area contributed by atoms with Crippen molar-refractivity contribution in [1.82, 2.24) is 14.8 Å². The van der Waals surface area contributed by atoms with E-state index in [0.29, 0.717) is 60.0 Å². The lowest BCUT2D eigenvalue weighted by Crippen LogP contribution is -2.44. The summed E-state index contributed by atoms with van der Waals surface area (Å²) < 4.78 is 57.1. The van der Waals surface area contributed by atoms with Crippen molar-refractivity contribution in [3.63, 3.8) is 0 Å². The van der Waals surface area contributed by atoms with Crippen molar-refractivity contribution in [1.29, 1.82) is 0 Å². The molecule has 0 unspecified atom stereocenters. The standard InChI is InChI=1S/C27H34F3N5O4/c1-16(2)22(37-6)24(39-17(3)4)31-10-8-19-12-18(5)21-23(33-19)26(9-7-11-38-26)35(25(21)36)20-13-32-34(14-20)15-27(28,29)30/h10,12-14,16-17H,7-9,11,15H2,1-6H3/b24-22-,31-10?/t26-/m1/s1. The number of carbonyl (C=O) groups excluding carboxylic acids is 1. The zero-order valence-electron chi connectivity index (χ0n) is 23.0. The maximum absolute atomic E-state index is 13.6. The highest BCUT2D eigenvalue weighted by atomic mass is 19.4. The smallest absolute Gasteiger partial charge is 0.408 e. The molecule has 0 N–H and O–H groups in total. The Balaban J connectivity index is 1.68. The van der Waals surface area contributed by atoms with Crippen LogP contribution in [0.25, 0.3) is 0 Å². The summed E-state index contributed by atoms with van der Waals surface area (Å²) in [7, 11) is 1.58. The second-order valence-corrected chi connectivity index (χ2v) is 10.3. The van der Waals surface area contributed by atoms with E-state index in [-0.39, 0.29) is 23.6 Å². The first-order valence-electron chi connectivity index (χ1n) is 12.9. The van der Waals surface area contributed by atoms with Crippen molar-refractivity contribution in [2.45, 2.75) is 78.4 Å². The van der Waals surface area contributed by atoms with E-state index in [9.17, 15) is 18.0 Å². The number of carbonyl (C=O) groups is 1. The molecule has 2 aromatic rings. The highest BCUT2D eigenvalue weighted by Gasteiger charge is 2.56. The van der Waals surface area contributed by atoms with Crippen molar-refractivity contribution in [2.75, 3.05) is 18.6 Å². The molecule has 9 nitrogen and oxygen atoms in total. The van der Waals surface area contributed by atoms with Gasteiger partial charge in [0.15, 0.2) is 11.5 Å². The number of nitrogens with zero attached hydrogens (tertiary/aromatic N) is 5. The number of allylic oxidation sites excluding steroid dienone is 1. The Morgan fingerprint density at radius 3 is 2.64 bits per heavy atom. The first-order chi connectivity index (χ1) is 18.4. The quantitative estimate of drug-likeness (QED) is 0.312. The molecular formula is C27H34F3N5O4. The summed E-state index contributed by atoms with van der Waals surface area (Å²) in [5, 5.41) is 3.83. The third kappa shape index (κ3) is 5.80. The minimum absolute atomic E-state index is 0.0677. The number of amides is 1. The van der Waals surface area contributed by atoms with Gasteiger partial charge in [0.2, 0.25) is 0 Å². The largest absolute Gasteiger partial charge is 0.495 e. The van der Waals surface area contributed by atoms with Gasteiger partial charge in [-0.1, -0.05) is 13.8 Å². The third-order valence-electron chi connectivity index (χ3n) is 6.45. The Labute approximate surface area is 225 Å². The molecule has 0 radical (unpaired) electrons. The van der Waals surface area contributed by atoms with Gasteiger partial charge in [0, 0.05) is 36.9 Å². The Hall–Kier alpha value is -3.41. The van der Waals surface area contributed by atoms with Crippen molar-refractivity contribution in [3.05, 3.63) is 52.6 Å². The van der Waals surface area contributed by atoms with Gasteiger partial charge in [-0.2, -0.15) is 18.3 Å². The van der Waals surface area contributed by atoms with E-state index in [1.54, 1.807) is 13.3 Å². The van der Waals surface area contributed by atoms with Crippen LogP contribution in [-0.2, 0) is 32.9 Å². The highest BCUT2D eigenvalue weighted by Crippen LogP contribution is 2.48. The average molecular weight is 550 g/mol. The maximum Gasteiger partial charge on any atom is 0.408 e. The average Bonchev–Trinajstić information content (AvgIpc) is 3.53. The van der Waals surface area contributed by atoms with Crippen LogP contribution in [0.2, 0.25) is 0 Å². The van der Waals surface area contributed by atoms with Gasteiger partial charge >= 0.3 is 6.18 Å². The fourth-order valence-corrected chi connectivity index (χ4v) is 5.00. The molecule has 0 bridgehead atoms. The molecular weight excluding hydrogens is 515 g/mol. The van der Waals surface area contributed by atoms with Gasteiger partial charge in [-0.05, 0) is 38.8 Å². The summed E-state index contributed by atoms with van der Waals surface area (Å²) in [5.41, 5.74) is 1.25. The SMILES string of the molecule is CO/C(=C(/N=CCc1cc(C)c2c(n1)[C@]1(CCCO1)N(c1cnn(CC(F)(F)F)c1)C2=O)OC(C)C)C(C)C. The number of aromatic nitrogens is 3. The number of fused-ring (bicyclic) bond motifs is 2. The number of hydrogen-bond donors (Lipinski definition) is 0. The van der Waals surface area contributed by atoms with Crippen molar-refractivity contribution >= 4 is 17.8 Å². The second kappa shape index (κ2) is 11.0. The second-order valence-electron chi connectivity index (χ2n) is 10.3. The number of rotatable bonds is 9. The normalized spacial score (nSPS) is 20.1. The molecule has 12 heteroatoms. The summed E-state index contributed by atoms with van der Waals surface area (Å²) in [4.78, 5) is 24.4. The molecule has 1 amide bonds. The first-order valence-corrected chi connectivity index (χ1v) is 12.9. The zero-order valence-corrected chi connectivity index (χ0v) is 23.0. The molecule has 4 rings (SSSR count). The molecule has 1 fully saturated rings. The number of ether oxygens (including phenoxy) is 3. The number of aliphatic imine (C=N–C) groups is 1. The maximum atomic E-state index is 13.6. The van der Waals surface area contributed by atoms with Crippen LogP contribution >= 0.6 is 0 Å². The fourth-order valence-electron chi connectivity index (χ4n) is 5.00. The highest BCUT2D eigenvalue weighted by molar-refractivity contribution is 6.12. The Bertz CT molecular complexity index is 1280. The molecule has 2 aliphatic heterocycles. The molecule has 212 valence electrons. The summed E-state index contributed by atoms with van der Waals surface area (Å²) in [6.07, 6.45) is 1.10. The lowest BCUT2D eigenvalue weighted by molar-refractivity contribution is -0.142.